The molecule has 1 heterocycles. The molecule has 0 radical (unpaired) electrons. The molecule has 1 aromatic heterocycles. The quantitative estimate of drug-likeness (QED) is 0.594. The molecule has 2 nitrogen and oxygen atoms in total. The van der Waals surface area contributed by atoms with Gasteiger partial charge in [-0.3, -0.25) is 0 Å². The number of hydrogen-bond donors (Lipinski definition) is 0. The third-order valence-electron chi connectivity index (χ3n) is 3.64. The molecular weight excluding hydrogens is 383 g/mol. The Balaban J connectivity index is 0.00000176. The van der Waals surface area contributed by atoms with Crippen LogP contribution >= 0.6 is 23.2 Å². The Bertz CT molecular complexity index is 796. The minimum Gasteiger partial charge on any atom is -1.00 e. The van der Waals surface area contributed by atoms with Crippen LogP contribution in [0.15, 0.2) is 48.8 Å². The lowest BCUT2D eigenvalue weighted by atomic mass is 10.1. The number of benzene rings is 2. The number of rotatable bonds is 3. The fourth-order valence-electron chi connectivity index (χ4n) is 2.48. The first-order valence-corrected chi connectivity index (χ1v) is 7.75. The van der Waals surface area contributed by atoms with Crippen LogP contribution in [0.4, 0.5) is 0 Å². The molecule has 0 fully saturated rings. The first-order valence-electron chi connectivity index (χ1n) is 6.99. The van der Waals surface area contributed by atoms with Gasteiger partial charge < -0.3 is 17.0 Å². The summed E-state index contributed by atoms with van der Waals surface area (Å²) in [6.45, 7) is 4.88. The zero-order chi connectivity index (χ0) is 15.0. The van der Waals surface area contributed by atoms with E-state index in [4.69, 9.17) is 23.2 Å². The molecular formula is C17H17BrCl2N2. The Hall–Kier alpha value is -1.03. The zero-order valence-electron chi connectivity index (χ0n) is 12.4. The maximum absolute atomic E-state index is 6.34. The highest BCUT2D eigenvalue weighted by atomic mass is 79.9. The third-order valence-corrected chi connectivity index (χ3v) is 4.50. The number of nitrogens with zero attached hydrogens (tertiary/aromatic N) is 2. The van der Waals surface area contributed by atoms with Crippen molar-refractivity contribution in [2.24, 2.45) is 0 Å². The Morgan fingerprint density at radius 1 is 1.05 bits per heavy atom. The van der Waals surface area contributed by atoms with E-state index in [9.17, 15) is 0 Å². The van der Waals surface area contributed by atoms with Gasteiger partial charge in [-0.2, -0.15) is 0 Å². The molecule has 0 N–H and O–H groups in total. The van der Waals surface area contributed by atoms with Crippen molar-refractivity contribution in [2.45, 2.75) is 26.4 Å². The predicted octanol–water partition coefficient (Wildman–Crippen LogP) is 1.87. The van der Waals surface area contributed by atoms with Gasteiger partial charge in [0.05, 0.1) is 6.04 Å². The zero-order valence-corrected chi connectivity index (χ0v) is 15.5. The van der Waals surface area contributed by atoms with Gasteiger partial charge in [0, 0.05) is 0 Å². The van der Waals surface area contributed by atoms with Crippen LogP contribution in [0, 0.1) is 0 Å². The molecule has 3 rings (SSSR count). The van der Waals surface area contributed by atoms with E-state index in [1.165, 1.54) is 16.3 Å². The second kappa shape index (κ2) is 7.03. The van der Waals surface area contributed by atoms with Crippen molar-refractivity contribution in [3.63, 3.8) is 0 Å². The number of imidazole rings is 1. The second-order valence-corrected chi connectivity index (χ2v) is 6.22. The van der Waals surface area contributed by atoms with Crippen LogP contribution in [0.5, 0.6) is 0 Å². The van der Waals surface area contributed by atoms with E-state index < -0.39 is 0 Å². The first-order chi connectivity index (χ1) is 10.1. The Morgan fingerprint density at radius 3 is 2.36 bits per heavy atom. The van der Waals surface area contributed by atoms with Crippen molar-refractivity contribution in [3.8, 4) is 0 Å². The number of hydrogen-bond acceptors (Lipinski definition) is 0. The van der Waals surface area contributed by atoms with Crippen LogP contribution in [0.2, 0.25) is 10.3 Å². The fraction of sp³-hybridized carbons (Fsp3) is 0.235. The van der Waals surface area contributed by atoms with Gasteiger partial charge in [0.25, 0.3) is 10.3 Å². The summed E-state index contributed by atoms with van der Waals surface area (Å²) in [7, 11) is 0. The van der Waals surface area contributed by atoms with E-state index in [1.54, 1.807) is 0 Å². The molecule has 0 amide bonds. The molecule has 0 unspecified atom stereocenters. The normalized spacial score (nSPS) is 11.0. The van der Waals surface area contributed by atoms with Gasteiger partial charge in [-0.15, -0.1) is 0 Å². The molecule has 22 heavy (non-hydrogen) atoms. The topological polar surface area (TPSA) is 8.81 Å². The maximum Gasteiger partial charge on any atom is 0.255 e. The van der Waals surface area contributed by atoms with Gasteiger partial charge in [0.2, 0.25) is 6.33 Å². The molecule has 0 aliphatic heterocycles. The van der Waals surface area contributed by atoms with Crippen LogP contribution in [0.25, 0.3) is 10.8 Å². The van der Waals surface area contributed by atoms with E-state index in [1.807, 2.05) is 15.5 Å². The van der Waals surface area contributed by atoms with Crippen molar-refractivity contribution in [1.29, 1.82) is 0 Å². The Morgan fingerprint density at radius 2 is 1.73 bits per heavy atom. The summed E-state index contributed by atoms with van der Waals surface area (Å²) in [5, 5.41) is 3.65. The molecule has 0 saturated heterocycles. The van der Waals surface area contributed by atoms with E-state index in [2.05, 4.69) is 56.3 Å². The van der Waals surface area contributed by atoms with Gasteiger partial charge >= 0.3 is 0 Å². The monoisotopic (exact) mass is 398 g/mol. The molecule has 0 aliphatic rings. The summed E-state index contributed by atoms with van der Waals surface area (Å²) in [5.74, 6) is 0. The molecule has 116 valence electrons. The summed E-state index contributed by atoms with van der Waals surface area (Å²) >= 11 is 12.6. The summed E-state index contributed by atoms with van der Waals surface area (Å²) in [6, 6.07) is 15.1. The minimum atomic E-state index is 0. The summed E-state index contributed by atoms with van der Waals surface area (Å²) in [6.07, 6.45) is 1.98. The molecule has 0 aliphatic carbocycles. The molecule has 0 bridgehead atoms. The number of fused-ring (bicyclic) bond motifs is 1. The fourth-order valence-corrected chi connectivity index (χ4v) is 3.03. The van der Waals surface area contributed by atoms with E-state index in [0.717, 1.165) is 0 Å². The van der Waals surface area contributed by atoms with Crippen molar-refractivity contribution >= 4 is 34.0 Å². The first kappa shape index (κ1) is 17.3. The molecule has 5 heteroatoms. The van der Waals surface area contributed by atoms with Crippen LogP contribution in [-0.4, -0.2) is 4.57 Å². The summed E-state index contributed by atoms with van der Waals surface area (Å²) < 4.78 is 3.96. The lowest BCUT2D eigenvalue weighted by molar-refractivity contribution is -0.685. The molecule has 0 atom stereocenters. The number of halogens is 3. The van der Waals surface area contributed by atoms with Crippen molar-refractivity contribution < 1.29 is 21.5 Å². The number of aromatic nitrogens is 2. The molecule has 0 spiro atoms. The smallest absolute Gasteiger partial charge is 0.255 e. The van der Waals surface area contributed by atoms with Crippen LogP contribution in [0.1, 0.15) is 25.5 Å². The second-order valence-electron chi connectivity index (χ2n) is 5.51. The largest absolute Gasteiger partial charge is 1.00 e. The van der Waals surface area contributed by atoms with Crippen LogP contribution in [0.3, 0.4) is 0 Å². The lowest BCUT2D eigenvalue weighted by Gasteiger charge is -2.02. The highest BCUT2D eigenvalue weighted by molar-refractivity contribution is 6.39. The molecule has 0 saturated carbocycles. The van der Waals surface area contributed by atoms with Gasteiger partial charge in [-0.1, -0.05) is 36.4 Å². The summed E-state index contributed by atoms with van der Waals surface area (Å²) in [4.78, 5) is 0. The average molecular weight is 400 g/mol. The summed E-state index contributed by atoms with van der Waals surface area (Å²) in [5.41, 5.74) is 1.21. The molecule has 2 aromatic carbocycles. The van der Waals surface area contributed by atoms with E-state index in [-0.39, 0.29) is 23.0 Å². The molecule has 3 aromatic rings. The lowest BCUT2D eigenvalue weighted by Crippen LogP contribution is -3.00. The third kappa shape index (κ3) is 3.32. The van der Waals surface area contributed by atoms with Gasteiger partial charge in [-0.05, 0) is 59.5 Å². The highest BCUT2D eigenvalue weighted by Crippen LogP contribution is 2.23. The van der Waals surface area contributed by atoms with Gasteiger partial charge in [-0.25, -0.2) is 9.13 Å². The SMILES string of the molecule is CC(C)n1c[n+](Cc2ccc3ccccc3c2)c(Cl)c1Cl.[Br-]. The van der Waals surface area contributed by atoms with Crippen molar-refractivity contribution in [1.82, 2.24) is 4.57 Å². The van der Waals surface area contributed by atoms with E-state index >= 15 is 0 Å². The Labute approximate surface area is 151 Å². The Kier molecular flexibility index (Phi) is 5.54. The predicted molar refractivity (Wildman–Crippen MR) is 88.1 cm³/mol. The van der Waals surface area contributed by atoms with Gasteiger partial charge in [0.1, 0.15) is 6.54 Å². The standard InChI is InChI=1S/C17H17Cl2N2.BrH/c1-12(2)21-11-20(16(18)17(21)19)10-13-7-8-14-5-3-4-6-15(14)9-13;/h3-9,11-12H,10H2,1-2H3;1H/q+1;/p-1. The van der Waals surface area contributed by atoms with Crippen molar-refractivity contribution in [2.75, 3.05) is 0 Å². The van der Waals surface area contributed by atoms with E-state index in [0.29, 0.717) is 16.9 Å². The van der Waals surface area contributed by atoms with Crippen molar-refractivity contribution in [3.05, 3.63) is 64.7 Å². The van der Waals surface area contributed by atoms with Crippen LogP contribution in [-0.2, 0) is 6.54 Å². The average Bonchev–Trinajstić information content (AvgIpc) is 2.76. The maximum atomic E-state index is 6.34. The van der Waals surface area contributed by atoms with Crippen LogP contribution < -0.4 is 21.5 Å². The minimum absolute atomic E-state index is 0. The van der Waals surface area contributed by atoms with Gasteiger partial charge in [0.15, 0.2) is 0 Å². The highest BCUT2D eigenvalue weighted by Gasteiger charge is 2.22.